The lowest BCUT2D eigenvalue weighted by atomic mass is 10.2. The van der Waals surface area contributed by atoms with Gasteiger partial charge in [0, 0.05) is 12.2 Å². The number of aromatic nitrogens is 1. The molecule has 0 spiro atoms. The Kier molecular flexibility index (Phi) is 3.77. The number of nitrogens with zero attached hydrogens (tertiary/aromatic N) is 1. The number of rotatable bonds is 3. The van der Waals surface area contributed by atoms with E-state index in [-0.39, 0.29) is 11.7 Å². The number of halogens is 1. The third-order valence-electron chi connectivity index (χ3n) is 1.94. The zero-order valence-electron chi connectivity index (χ0n) is 9.17. The summed E-state index contributed by atoms with van der Waals surface area (Å²) in [6.45, 7) is 5.54. The molecule has 0 atom stereocenters. The molecule has 15 heavy (non-hydrogen) atoms. The summed E-state index contributed by atoms with van der Waals surface area (Å²) in [6.07, 6.45) is 2.23. The summed E-state index contributed by atoms with van der Waals surface area (Å²) in [6, 6.07) is 1.33. The molecule has 1 aromatic rings. The second-order valence-corrected chi connectivity index (χ2v) is 3.66. The summed E-state index contributed by atoms with van der Waals surface area (Å²) < 4.78 is 13.4. The second-order valence-electron chi connectivity index (χ2n) is 3.66. The molecule has 1 rings (SSSR count). The molecule has 0 aliphatic heterocycles. The van der Waals surface area contributed by atoms with Gasteiger partial charge in [-0.3, -0.25) is 4.79 Å². The van der Waals surface area contributed by atoms with Gasteiger partial charge in [-0.2, -0.15) is 0 Å². The van der Waals surface area contributed by atoms with Crippen molar-refractivity contribution in [2.24, 2.45) is 0 Å². The van der Waals surface area contributed by atoms with Crippen LogP contribution in [0.4, 0.5) is 4.39 Å². The zero-order valence-corrected chi connectivity index (χ0v) is 9.17. The van der Waals surface area contributed by atoms with E-state index in [0.717, 1.165) is 5.56 Å². The minimum atomic E-state index is -0.563. The molecule has 4 heteroatoms. The molecular weight excluding hydrogens is 195 g/mol. The predicted octanol–water partition coefficient (Wildman–Crippen LogP) is 1.92. The van der Waals surface area contributed by atoms with Crippen LogP contribution in [0.5, 0.6) is 0 Å². The van der Waals surface area contributed by atoms with E-state index in [4.69, 9.17) is 0 Å². The largest absolute Gasteiger partial charge is 0.348 e. The van der Waals surface area contributed by atoms with E-state index in [1.807, 2.05) is 20.8 Å². The van der Waals surface area contributed by atoms with Crippen LogP contribution in [0.15, 0.2) is 12.3 Å². The fourth-order valence-corrected chi connectivity index (χ4v) is 1.17. The van der Waals surface area contributed by atoms with Crippen molar-refractivity contribution in [2.45, 2.75) is 33.2 Å². The highest BCUT2D eigenvalue weighted by molar-refractivity contribution is 5.92. The molecule has 0 aliphatic rings. The van der Waals surface area contributed by atoms with Crippen molar-refractivity contribution in [2.75, 3.05) is 0 Å². The number of carbonyl (C=O) groups is 1. The molecule has 0 aromatic carbocycles. The van der Waals surface area contributed by atoms with Crippen LogP contribution in [0.1, 0.15) is 36.8 Å². The van der Waals surface area contributed by atoms with Crippen molar-refractivity contribution in [1.82, 2.24) is 10.3 Å². The first-order valence-electron chi connectivity index (χ1n) is 4.99. The molecular formula is C11H15FN2O. The average Bonchev–Trinajstić information content (AvgIpc) is 2.16. The predicted molar refractivity (Wildman–Crippen MR) is 56.2 cm³/mol. The van der Waals surface area contributed by atoms with Crippen molar-refractivity contribution in [3.8, 4) is 0 Å². The molecule has 0 fully saturated rings. The van der Waals surface area contributed by atoms with Gasteiger partial charge in [0.2, 0.25) is 0 Å². The Bertz CT molecular complexity index is 364. The van der Waals surface area contributed by atoms with E-state index in [9.17, 15) is 9.18 Å². The lowest BCUT2D eigenvalue weighted by molar-refractivity contribution is 0.0933. The standard InChI is InChI=1S/C11H15FN2O/c1-4-8-5-9(12)10(13-6-8)11(15)14-7(2)3/h5-7H,4H2,1-3H3,(H,14,15). The van der Waals surface area contributed by atoms with Crippen LogP contribution < -0.4 is 5.32 Å². The second kappa shape index (κ2) is 4.87. The maximum absolute atomic E-state index is 13.4. The summed E-state index contributed by atoms with van der Waals surface area (Å²) in [7, 11) is 0. The van der Waals surface area contributed by atoms with Gasteiger partial charge in [0.1, 0.15) is 0 Å². The van der Waals surface area contributed by atoms with Gasteiger partial charge in [0.25, 0.3) is 5.91 Å². The molecule has 0 saturated carbocycles. The van der Waals surface area contributed by atoms with E-state index < -0.39 is 11.7 Å². The SMILES string of the molecule is CCc1cnc(C(=O)NC(C)C)c(F)c1. The van der Waals surface area contributed by atoms with Gasteiger partial charge < -0.3 is 5.32 Å². The van der Waals surface area contributed by atoms with E-state index in [2.05, 4.69) is 10.3 Å². The number of aryl methyl sites for hydroxylation is 1. The summed E-state index contributed by atoms with van der Waals surface area (Å²) >= 11 is 0. The maximum Gasteiger partial charge on any atom is 0.273 e. The van der Waals surface area contributed by atoms with Crippen LogP contribution in [0.3, 0.4) is 0 Å². The third-order valence-corrected chi connectivity index (χ3v) is 1.94. The van der Waals surface area contributed by atoms with Crippen molar-refractivity contribution in [1.29, 1.82) is 0 Å². The number of nitrogens with one attached hydrogen (secondary N) is 1. The van der Waals surface area contributed by atoms with Gasteiger partial charge in [-0.05, 0) is 31.9 Å². The zero-order chi connectivity index (χ0) is 11.4. The molecule has 1 amide bonds. The Hall–Kier alpha value is -1.45. The highest BCUT2D eigenvalue weighted by atomic mass is 19.1. The van der Waals surface area contributed by atoms with Gasteiger partial charge in [-0.25, -0.2) is 9.37 Å². The van der Waals surface area contributed by atoms with E-state index in [0.29, 0.717) is 6.42 Å². The lowest BCUT2D eigenvalue weighted by Gasteiger charge is -2.08. The summed E-state index contributed by atoms with van der Waals surface area (Å²) in [5.41, 5.74) is 0.648. The molecule has 0 saturated heterocycles. The summed E-state index contributed by atoms with van der Waals surface area (Å²) in [5, 5.41) is 2.60. The molecule has 0 bridgehead atoms. The van der Waals surface area contributed by atoms with Gasteiger partial charge in [0.05, 0.1) is 0 Å². The number of amides is 1. The monoisotopic (exact) mass is 210 g/mol. The number of carbonyl (C=O) groups excluding carboxylic acids is 1. The minimum absolute atomic E-state index is 0.0236. The first-order chi connectivity index (χ1) is 7.04. The van der Waals surface area contributed by atoms with Crippen LogP contribution in [0.25, 0.3) is 0 Å². The Balaban J connectivity index is 2.90. The quantitative estimate of drug-likeness (QED) is 0.828. The smallest absolute Gasteiger partial charge is 0.273 e. The highest BCUT2D eigenvalue weighted by Gasteiger charge is 2.14. The van der Waals surface area contributed by atoms with E-state index in [1.54, 1.807) is 0 Å². The summed E-state index contributed by atoms with van der Waals surface area (Å²) in [4.78, 5) is 15.3. The topological polar surface area (TPSA) is 42.0 Å². The molecule has 3 nitrogen and oxygen atoms in total. The number of hydrogen-bond acceptors (Lipinski definition) is 2. The van der Waals surface area contributed by atoms with Crippen molar-refractivity contribution in [3.05, 3.63) is 29.3 Å². The molecule has 82 valence electrons. The normalized spacial score (nSPS) is 10.5. The molecule has 1 heterocycles. The minimum Gasteiger partial charge on any atom is -0.348 e. The molecule has 0 aliphatic carbocycles. The van der Waals surface area contributed by atoms with Crippen LogP contribution in [-0.4, -0.2) is 16.9 Å². The highest BCUT2D eigenvalue weighted by Crippen LogP contribution is 2.07. The van der Waals surface area contributed by atoms with Crippen LogP contribution in [-0.2, 0) is 6.42 Å². The molecule has 1 N–H and O–H groups in total. The van der Waals surface area contributed by atoms with Gasteiger partial charge in [-0.15, -0.1) is 0 Å². The number of pyridine rings is 1. The lowest BCUT2D eigenvalue weighted by Crippen LogP contribution is -2.31. The average molecular weight is 210 g/mol. The molecule has 1 aromatic heterocycles. The Morgan fingerprint density at radius 1 is 1.60 bits per heavy atom. The summed E-state index contributed by atoms with van der Waals surface area (Å²) in [5.74, 6) is -1.03. The van der Waals surface area contributed by atoms with Gasteiger partial charge >= 0.3 is 0 Å². The molecule has 0 radical (unpaired) electrons. The Morgan fingerprint density at radius 3 is 2.73 bits per heavy atom. The Labute approximate surface area is 88.7 Å². The van der Waals surface area contributed by atoms with Crippen molar-refractivity contribution >= 4 is 5.91 Å². The van der Waals surface area contributed by atoms with Crippen LogP contribution >= 0.6 is 0 Å². The van der Waals surface area contributed by atoms with Crippen molar-refractivity contribution in [3.63, 3.8) is 0 Å². The van der Waals surface area contributed by atoms with Crippen LogP contribution in [0, 0.1) is 5.82 Å². The van der Waals surface area contributed by atoms with Gasteiger partial charge in [-0.1, -0.05) is 6.92 Å². The fourth-order valence-electron chi connectivity index (χ4n) is 1.17. The first-order valence-corrected chi connectivity index (χ1v) is 4.99. The third kappa shape index (κ3) is 3.01. The van der Waals surface area contributed by atoms with Gasteiger partial charge in [0.15, 0.2) is 11.5 Å². The van der Waals surface area contributed by atoms with Crippen molar-refractivity contribution < 1.29 is 9.18 Å². The van der Waals surface area contributed by atoms with E-state index in [1.165, 1.54) is 12.3 Å². The first kappa shape index (κ1) is 11.6. The fraction of sp³-hybridized carbons (Fsp3) is 0.455. The number of hydrogen-bond donors (Lipinski definition) is 1. The maximum atomic E-state index is 13.4. The van der Waals surface area contributed by atoms with Crippen LogP contribution in [0.2, 0.25) is 0 Å². The Morgan fingerprint density at radius 2 is 2.27 bits per heavy atom. The van der Waals surface area contributed by atoms with E-state index >= 15 is 0 Å². The molecule has 0 unspecified atom stereocenters.